The van der Waals surface area contributed by atoms with Gasteiger partial charge in [-0.3, -0.25) is 0 Å². The minimum absolute atomic E-state index is 0.541. The summed E-state index contributed by atoms with van der Waals surface area (Å²) in [5, 5.41) is 4.46. The van der Waals surface area contributed by atoms with E-state index < -0.39 is 0 Å². The summed E-state index contributed by atoms with van der Waals surface area (Å²) in [6.45, 7) is 4.76. The van der Waals surface area contributed by atoms with Crippen molar-refractivity contribution in [3.05, 3.63) is 34.9 Å². The van der Waals surface area contributed by atoms with E-state index >= 15 is 0 Å². The maximum Gasteiger partial charge on any atom is 0.0466 e. The lowest BCUT2D eigenvalue weighted by molar-refractivity contribution is 0.141. The molecule has 0 bridgehead atoms. The Hall–Kier alpha value is -0.570. The van der Waals surface area contributed by atoms with Crippen molar-refractivity contribution in [2.45, 2.75) is 44.6 Å². The van der Waals surface area contributed by atoms with Crippen LogP contribution in [0.2, 0.25) is 5.02 Å². The van der Waals surface area contributed by atoms with Crippen molar-refractivity contribution >= 4 is 11.6 Å². The Bertz CT molecular complexity index is 379. The lowest BCUT2D eigenvalue weighted by Gasteiger charge is -2.18. The van der Waals surface area contributed by atoms with Gasteiger partial charge in [0.15, 0.2) is 0 Å². The van der Waals surface area contributed by atoms with Crippen LogP contribution in [0.4, 0.5) is 0 Å². The van der Waals surface area contributed by atoms with Gasteiger partial charge in [-0.05, 0) is 56.2 Å². The second-order valence-corrected chi connectivity index (χ2v) is 5.71. The third-order valence-electron chi connectivity index (χ3n) is 3.60. The van der Waals surface area contributed by atoms with Gasteiger partial charge in [-0.1, -0.05) is 23.7 Å². The molecule has 0 radical (unpaired) electrons. The van der Waals surface area contributed by atoms with Crippen molar-refractivity contribution in [1.82, 2.24) is 5.32 Å². The predicted octanol–water partition coefficient (Wildman–Crippen LogP) is 3.99. The molecule has 1 atom stereocenters. The molecular weight excluding hydrogens is 258 g/mol. The second-order valence-electron chi connectivity index (χ2n) is 5.27. The van der Waals surface area contributed by atoms with Crippen LogP contribution in [0.3, 0.4) is 0 Å². The van der Waals surface area contributed by atoms with Gasteiger partial charge in [0.2, 0.25) is 0 Å². The van der Waals surface area contributed by atoms with Crippen molar-refractivity contribution in [3.63, 3.8) is 0 Å². The minimum atomic E-state index is 0.541. The molecule has 0 amide bonds. The number of ether oxygens (including phenoxy) is 1. The summed E-state index contributed by atoms with van der Waals surface area (Å²) in [6.07, 6.45) is 4.93. The van der Waals surface area contributed by atoms with Gasteiger partial charge in [-0.15, -0.1) is 0 Å². The molecule has 2 rings (SSSR count). The predicted molar refractivity (Wildman–Crippen MR) is 80.9 cm³/mol. The molecule has 3 heteroatoms. The van der Waals surface area contributed by atoms with Crippen LogP contribution in [0.5, 0.6) is 0 Å². The quantitative estimate of drug-likeness (QED) is 0.691. The van der Waals surface area contributed by atoms with Gasteiger partial charge in [-0.25, -0.2) is 0 Å². The molecule has 2 nitrogen and oxygen atoms in total. The van der Waals surface area contributed by atoms with E-state index in [0.717, 1.165) is 43.7 Å². The molecule has 106 valence electrons. The molecule has 1 unspecified atom stereocenters. The number of hydrogen-bond donors (Lipinski definition) is 1. The van der Waals surface area contributed by atoms with E-state index in [-0.39, 0.29) is 0 Å². The fourth-order valence-corrected chi connectivity index (χ4v) is 2.52. The first-order valence-electron chi connectivity index (χ1n) is 7.36. The highest BCUT2D eigenvalue weighted by atomic mass is 35.5. The third-order valence-corrected chi connectivity index (χ3v) is 3.83. The first-order valence-corrected chi connectivity index (χ1v) is 7.74. The van der Waals surface area contributed by atoms with Crippen molar-refractivity contribution in [2.24, 2.45) is 0 Å². The first kappa shape index (κ1) is 14.8. The largest absolute Gasteiger partial charge is 0.382 e. The van der Waals surface area contributed by atoms with E-state index in [9.17, 15) is 0 Å². The normalized spacial score (nSPS) is 16.5. The average molecular weight is 282 g/mol. The molecular formula is C16H24ClNO. The molecule has 1 N–H and O–H groups in total. The Labute approximate surface area is 121 Å². The number of nitrogens with one attached hydrogen (secondary N) is 1. The van der Waals surface area contributed by atoms with E-state index in [1.54, 1.807) is 0 Å². The van der Waals surface area contributed by atoms with E-state index in [1.165, 1.54) is 18.4 Å². The highest BCUT2D eigenvalue weighted by Crippen LogP contribution is 2.26. The molecule has 1 aliphatic rings. The SMILES string of the molecule is CCOCCCC(CNC1CC1)c1cccc(Cl)c1. The molecule has 1 fully saturated rings. The minimum Gasteiger partial charge on any atom is -0.382 e. The van der Waals surface area contributed by atoms with Crippen LogP contribution in [0.1, 0.15) is 44.1 Å². The summed E-state index contributed by atoms with van der Waals surface area (Å²) in [4.78, 5) is 0. The molecule has 1 aromatic carbocycles. The molecule has 0 aliphatic heterocycles. The summed E-state index contributed by atoms with van der Waals surface area (Å²) < 4.78 is 5.43. The summed E-state index contributed by atoms with van der Waals surface area (Å²) in [5.74, 6) is 0.541. The van der Waals surface area contributed by atoms with Crippen LogP contribution in [0.25, 0.3) is 0 Å². The maximum absolute atomic E-state index is 6.10. The van der Waals surface area contributed by atoms with Crippen LogP contribution in [0, 0.1) is 0 Å². The Morgan fingerprint density at radius 1 is 1.42 bits per heavy atom. The summed E-state index contributed by atoms with van der Waals surface area (Å²) in [6, 6.07) is 9.03. The summed E-state index contributed by atoms with van der Waals surface area (Å²) >= 11 is 6.10. The zero-order chi connectivity index (χ0) is 13.5. The first-order chi connectivity index (χ1) is 9.29. The Kier molecular flexibility index (Phi) is 6.15. The number of benzene rings is 1. The molecule has 0 heterocycles. The Balaban J connectivity index is 1.87. The van der Waals surface area contributed by atoms with Crippen LogP contribution in [-0.2, 0) is 4.74 Å². The van der Waals surface area contributed by atoms with Crippen LogP contribution in [-0.4, -0.2) is 25.8 Å². The molecule has 19 heavy (non-hydrogen) atoms. The highest BCUT2D eigenvalue weighted by molar-refractivity contribution is 6.30. The maximum atomic E-state index is 6.10. The topological polar surface area (TPSA) is 21.3 Å². The average Bonchev–Trinajstić information content (AvgIpc) is 3.22. The molecule has 1 saturated carbocycles. The van der Waals surface area contributed by atoms with Crippen LogP contribution < -0.4 is 5.32 Å². The van der Waals surface area contributed by atoms with Gasteiger partial charge < -0.3 is 10.1 Å². The van der Waals surface area contributed by atoms with E-state index in [1.807, 2.05) is 19.1 Å². The second kappa shape index (κ2) is 7.88. The summed E-state index contributed by atoms with van der Waals surface area (Å²) in [5.41, 5.74) is 1.34. The number of rotatable bonds is 9. The van der Waals surface area contributed by atoms with Gasteiger partial charge >= 0.3 is 0 Å². The summed E-state index contributed by atoms with van der Waals surface area (Å²) in [7, 11) is 0. The van der Waals surface area contributed by atoms with Gasteiger partial charge in [0.1, 0.15) is 0 Å². The monoisotopic (exact) mass is 281 g/mol. The molecule has 0 saturated heterocycles. The third kappa shape index (κ3) is 5.52. The fourth-order valence-electron chi connectivity index (χ4n) is 2.32. The van der Waals surface area contributed by atoms with Crippen molar-refractivity contribution in [2.75, 3.05) is 19.8 Å². The van der Waals surface area contributed by atoms with E-state index in [2.05, 4.69) is 17.4 Å². The zero-order valence-electron chi connectivity index (χ0n) is 11.7. The standard InChI is InChI=1S/C16H24ClNO/c1-2-19-10-4-6-14(12-18-16-8-9-16)13-5-3-7-15(17)11-13/h3,5,7,11,14,16,18H,2,4,6,8-10,12H2,1H3. The lowest BCUT2D eigenvalue weighted by atomic mass is 9.94. The molecule has 1 aliphatic carbocycles. The molecule has 0 spiro atoms. The smallest absolute Gasteiger partial charge is 0.0466 e. The van der Waals surface area contributed by atoms with Gasteiger partial charge in [0.05, 0.1) is 0 Å². The van der Waals surface area contributed by atoms with Gasteiger partial charge in [0.25, 0.3) is 0 Å². The van der Waals surface area contributed by atoms with Crippen molar-refractivity contribution in [1.29, 1.82) is 0 Å². The van der Waals surface area contributed by atoms with E-state index in [0.29, 0.717) is 5.92 Å². The van der Waals surface area contributed by atoms with Crippen LogP contribution in [0.15, 0.2) is 24.3 Å². The number of halogens is 1. The van der Waals surface area contributed by atoms with Crippen LogP contribution >= 0.6 is 11.6 Å². The van der Waals surface area contributed by atoms with Gasteiger partial charge in [0, 0.05) is 30.8 Å². The van der Waals surface area contributed by atoms with E-state index in [4.69, 9.17) is 16.3 Å². The van der Waals surface area contributed by atoms with Crippen molar-refractivity contribution in [3.8, 4) is 0 Å². The number of hydrogen-bond acceptors (Lipinski definition) is 2. The van der Waals surface area contributed by atoms with Crippen molar-refractivity contribution < 1.29 is 4.74 Å². The van der Waals surface area contributed by atoms with Gasteiger partial charge in [-0.2, -0.15) is 0 Å². The Morgan fingerprint density at radius 2 is 2.26 bits per heavy atom. The lowest BCUT2D eigenvalue weighted by Crippen LogP contribution is -2.23. The fraction of sp³-hybridized carbons (Fsp3) is 0.625. The Morgan fingerprint density at radius 3 is 2.95 bits per heavy atom. The molecule has 1 aromatic rings. The molecule has 0 aromatic heterocycles. The zero-order valence-corrected chi connectivity index (χ0v) is 12.5. The highest BCUT2D eigenvalue weighted by Gasteiger charge is 2.22.